The van der Waals surface area contributed by atoms with E-state index in [2.05, 4.69) is 48.9 Å². The summed E-state index contributed by atoms with van der Waals surface area (Å²) in [5, 5.41) is 7.81. The molecule has 1 aromatic heterocycles. The van der Waals surface area contributed by atoms with Gasteiger partial charge in [-0.25, -0.2) is 4.68 Å². The Morgan fingerprint density at radius 2 is 1.80 bits per heavy atom. The molecule has 0 atom stereocenters. The molecule has 186 valence electrons. The molecule has 1 heterocycles. The summed E-state index contributed by atoms with van der Waals surface area (Å²) in [6.45, 7) is 10.9. The molecule has 0 spiro atoms. The van der Waals surface area contributed by atoms with Gasteiger partial charge in [0.05, 0.1) is 11.4 Å². The van der Waals surface area contributed by atoms with Crippen molar-refractivity contribution in [3.8, 4) is 5.69 Å². The Bertz CT molecular complexity index is 1180. The first-order valence-corrected chi connectivity index (χ1v) is 12.9. The normalized spacial score (nSPS) is 11.4. The van der Waals surface area contributed by atoms with E-state index >= 15 is 0 Å². The average molecular weight is 540 g/mol. The van der Waals surface area contributed by atoms with Gasteiger partial charge in [0.15, 0.2) is 0 Å². The minimum absolute atomic E-state index is 0.0289. The average Bonchev–Trinajstić information content (AvgIpc) is 3.22. The minimum atomic E-state index is -0.251. The minimum Gasteiger partial charge on any atom is -0.329 e. The van der Waals surface area contributed by atoms with Crippen LogP contribution in [0.25, 0.3) is 5.69 Å². The molecule has 6 nitrogen and oxygen atoms in total. The van der Waals surface area contributed by atoms with E-state index in [9.17, 15) is 9.59 Å². The van der Waals surface area contributed by atoms with Crippen LogP contribution in [0.3, 0.4) is 0 Å². The standard InChI is InChI=1S/C28H35BrN4O2/c1-6-7-8-15-32(27(35)21-12-10-13-22(29)17-21)19-26(34)30-25-18-24(28(3,4)5)31-33(25)23-14-9-11-20(2)16-23/h9-14,16-18H,6-8,15,19H2,1-5H3,(H,30,34). The van der Waals surface area contributed by atoms with E-state index in [-0.39, 0.29) is 23.8 Å². The Hall–Kier alpha value is -2.93. The number of benzene rings is 2. The van der Waals surface area contributed by atoms with Crippen LogP contribution in [-0.4, -0.2) is 39.6 Å². The molecule has 0 fully saturated rings. The van der Waals surface area contributed by atoms with Crippen molar-refractivity contribution >= 4 is 33.6 Å². The number of hydrogen-bond acceptors (Lipinski definition) is 3. The Kier molecular flexibility index (Phi) is 8.89. The van der Waals surface area contributed by atoms with Crippen molar-refractivity contribution in [2.75, 3.05) is 18.4 Å². The molecular weight excluding hydrogens is 504 g/mol. The maximum absolute atomic E-state index is 13.2. The number of nitrogens with one attached hydrogen (secondary N) is 1. The van der Waals surface area contributed by atoms with Gasteiger partial charge in [-0.2, -0.15) is 5.10 Å². The summed E-state index contributed by atoms with van der Waals surface area (Å²) in [5.41, 5.74) is 3.23. The summed E-state index contributed by atoms with van der Waals surface area (Å²) in [4.78, 5) is 28.1. The quantitative estimate of drug-likeness (QED) is 0.315. The second-order valence-electron chi connectivity index (χ2n) is 9.91. The van der Waals surface area contributed by atoms with Gasteiger partial charge in [0.1, 0.15) is 12.4 Å². The van der Waals surface area contributed by atoms with Crippen LogP contribution < -0.4 is 5.32 Å². The lowest BCUT2D eigenvalue weighted by molar-refractivity contribution is -0.117. The van der Waals surface area contributed by atoms with E-state index in [4.69, 9.17) is 5.10 Å². The predicted octanol–water partition coefficient (Wildman–Crippen LogP) is 6.51. The highest BCUT2D eigenvalue weighted by Gasteiger charge is 2.23. The molecule has 0 aliphatic rings. The third kappa shape index (κ3) is 7.28. The van der Waals surface area contributed by atoms with Gasteiger partial charge in [-0.3, -0.25) is 9.59 Å². The molecule has 35 heavy (non-hydrogen) atoms. The van der Waals surface area contributed by atoms with Gasteiger partial charge in [-0.05, 0) is 49.2 Å². The number of hydrogen-bond donors (Lipinski definition) is 1. The highest BCUT2D eigenvalue weighted by atomic mass is 79.9. The number of nitrogens with zero attached hydrogens (tertiary/aromatic N) is 3. The number of amides is 2. The molecule has 7 heteroatoms. The molecule has 1 N–H and O–H groups in total. The molecule has 0 radical (unpaired) electrons. The van der Waals surface area contributed by atoms with Gasteiger partial charge >= 0.3 is 0 Å². The zero-order valence-corrected chi connectivity index (χ0v) is 22.9. The molecular formula is C28H35BrN4O2. The summed E-state index contributed by atoms with van der Waals surface area (Å²) in [6, 6.07) is 17.2. The molecule has 3 rings (SSSR count). The highest BCUT2D eigenvalue weighted by Crippen LogP contribution is 2.26. The third-order valence-corrected chi connectivity index (χ3v) is 6.21. The molecule has 3 aromatic rings. The van der Waals surface area contributed by atoms with Crippen LogP contribution in [0.5, 0.6) is 0 Å². The van der Waals surface area contributed by atoms with Crippen LogP contribution in [0.2, 0.25) is 0 Å². The van der Waals surface area contributed by atoms with Crippen molar-refractivity contribution in [2.45, 2.75) is 59.3 Å². The highest BCUT2D eigenvalue weighted by molar-refractivity contribution is 9.10. The smallest absolute Gasteiger partial charge is 0.254 e. The second kappa shape index (κ2) is 11.7. The van der Waals surface area contributed by atoms with Gasteiger partial charge in [0.25, 0.3) is 5.91 Å². The Morgan fingerprint density at radius 3 is 2.46 bits per heavy atom. The summed E-state index contributed by atoms with van der Waals surface area (Å²) in [5.74, 6) is 0.188. The lowest BCUT2D eigenvalue weighted by Crippen LogP contribution is -2.39. The maximum atomic E-state index is 13.2. The number of anilines is 1. The van der Waals surface area contributed by atoms with E-state index in [0.29, 0.717) is 17.9 Å². The zero-order chi connectivity index (χ0) is 25.6. The summed E-state index contributed by atoms with van der Waals surface area (Å²) < 4.78 is 2.60. The molecule has 2 amide bonds. The first-order chi connectivity index (χ1) is 16.6. The van der Waals surface area contributed by atoms with E-state index in [1.165, 1.54) is 0 Å². The van der Waals surface area contributed by atoms with Gasteiger partial charge in [-0.15, -0.1) is 0 Å². The molecule has 0 saturated heterocycles. The fourth-order valence-corrected chi connectivity index (χ4v) is 4.16. The first-order valence-electron chi connectivity index (χ1n) is 12.1. The van der Waals surface area contributed by atoms with Crippen molar-refractivity contribution in [1.82, 2.24) is 14.7 Å². The molecule has 0 aliphatic heterocycles. The van der Waals surface area contributed by atoms with Crippen molar-refractivity contribution in [3.05, 3.63) is 75.9 Å². The van der Waals surface area contributed by atoms with E-state index in [1.54, 1.807) is 21.7 Å². The lowest BCUT2D eigenvalue weighted by atomic mass is 9.92. The SMILES string of the molecule is CCCCCN(CC(=O)Nc1cc(C(C)(C)C)nn1-c1cccc(C)c1)C(=O)c1cccc(Br)c1. The Labute approximate surface area is 216 Å². The predicted molar refractivity (Wildman–Crippen MR) is 145 cm³/mol. The molecule has 0 bridgehead atoms. The van der Waals surface area contributed by atoms with Gasteiger partial charge in [0.2, 0.25) is 5.91 Å². The molecule has 2 aromatic carbocycles. The summed E-state index contributed by atoms with van der Waals surface area (Å²) in [7, 11) is 0. The molecule has 0 saturated carbocycles. The number of unbranched alkanes of at least 4 members (excludes halogenated alkanes) is 2. The van der Waals surface area contributed by atoms with E-state index in [1.807, 2.05) is 49.4 Å². The summed E-state index contributed by atoms with van der Waals surface area (Å²) in [6.07, 6.45) is 2.88. The number of rotatable bonds is 9. The number of halogens is 1. The number of aromatic nitrogens is 2. The number of aryl methyl sites for hydroxylation is 1. The van der Waals surface area contributed by atoms with Crippen LogP contribution in [0.15, 0.2) is 59.1 Å². The second-order valence-corrected chi connectivity index (χ2v) is 10.8. The maximum Gasteiger partial charge on any atom is 0.254 e. The van der Waals surface area contributed by atoms with Crippen LogP contribution in [0, 0.1) is 6.92 Å². The van der Waals surface area contributed by atoms with Gasteiger partial charge in [-0.1, -0.05) is 74.7 Å². The van der Waals surface area contributed by atoms with Crippen molar-refractivity contribution < 1.29 is 9.59 Å². The van der Waals surface area contributed by atoms with E-state index < -0.39 is 0 Å². The molecule has 0 aliphatic carbocycles. The van der Waals surface area contributed by atoms with Crippen LogP contribution >= 0.6 is 15.9 Å². The van der Waals surface area contributed by atoms with Gasteiger partial charge < -0.3 is 10.2 Å². The van der Waals surface area contributed by atoms with Crippen LogP contribution in [0.4, 0.5) is 5.82 Å². The lowest BCUT2D eigenvalue weighted by Gasteiger charge is -2.22. The summed E-state index contributed by atoms with van der Waals surface area (Å²) >= 11 is 3.43. The zero-order valence-electron chi connectivity index (χ0n) is 21.3. The third-order valence-electron chi connectivity index (χ3n) is 5.72. The fraction of sp³-hybridized carbons (Fsp3) is 0.393. The monoisotopic (exact) mass is 538 g/mol. The topological polar surface area (TPSA) is 67.2 Å². The van der Waals surface area contributed by atoms with Crippen molar-refractivity contribution in [1.29, 1.82) is 0 Å². The number of carbonyl (C=O) groups excluding carboxylic acids is 2. The van der Waals surface area contributed by atoms with Crippen molar-refractivity contribution in [3.63, 3.8) is 0 Å². The fourth-order valence-electron chi connectivity index (χ4n) is 3.76. The Balaban J connectivity index is 1.86. The first kappa shape index (κ1) is 26.7. The Morgan fingerprint density at radius 1 is 1.06 bits per heavy atom. The number of carbonyl (C=O) groups is 2. The van der Waals surface area contributed by atoms with Gasteiger partial charge in [0, 0.05) is 28.1 Å². The van der Waals surface area contributed by atoms with Crippen LogP contribution in [-0.2, 0) is 10.2 Å². The van der Waals surface area contributed by atoms with Crippen LogP contribution in [0.1, 0.15) is 68.6 Å². The molecule has 0 unspecified atom stereocenters. The van der Waals surface area contributed by atoms with E-state index in [0.717, 1.165) is 40.7 Å². The van der Waals surface area contributed by atoms with Crippen molar-refractivity contribution in [2.24, 2.45) is 0 Å². The largest absolute Gasteiger partial charge is 0.329 e.